The molecule has 0 spiro atoms. The Kier molecular flexibility index (Phi) is 5.71. The van der Waals surface area contributed by atoms with Crippen molar-refractivity contribution >= 4 is 23.0 Å². The number of nitrogens with one attached hydrogen (secondary N) is 1. The number of carbonyl (C=O) groups excluding carboxylic acids is 1. The summed E-state index contributed by atoms with van der Waals surface area (Å²) in [6, 6.07) is 12.3. The summed E-state index contributed by atoms with van der Waals surface area (Å²) in [6.45, 7) is 6.00. The van der Waals surface area contributed by atoms with Gasteiger partial charge in [0.05, 0.1) is 11.3 Å². The molecule has 1 amide bonds. The number of aryl methyl sites for hydroxylation is 1. The lowest BCUT2D eigenvalue weighted by Crippen LogP contribution is -2.44. The number of benzene rings is 2. The van der Waals surface area contributed by atoms with Gasteiger partial charge >= 0.3 is 0 Å². The first-order valence-electron chi connectivity index (χ1n) is 9.00. The van der Waals surface area contributed by atoms with Crippen LogP contribution in [-0.2, 0) is 11.2 Å². The van der Waals surface area contributed by atoms with E-state index in [2.05, 4.69) is 28.2 Å². The van der Waals surface area contributed by atoms with Crippen LogP contribution in [0, 0.1) is 17.0 Å². The molecule has 0 atom stereocenters. The van der Waals surface area contributed by atoms with Crippen molar-refractivity contribution in [3.8, 4) is 0 Å². The number of hydrogen-bond acceptors (Lipinski definition) is 5. The van der Waals surface area contributed by atoms with Crippen LogP contribution in [0.4, 0.5) is 17.1 Å². The average molecular weight is 368 g/mol. The van der Waals surface area contributed by atoms with Crippen molar-refractivity contribution in [1.29, 1.82) is 0 Å². The Morgan fingerprint density at radius 3 is 2.52 bits per heavy atom. The third kappa shape index (κ3) is 4.62. The zero-order valence-corrected chi connectivity index (χ0v) is 15.6. The minimum Gasteiger partial charge on any atom is -0.369 e. The van der Waals surface area contributed by atoms with Gasteiger partial charge in [-0.05, 0) is 37.7 Å². The number of rotatable bonds is 5. The summed E-state index contributed by atoms with van der Waals surface area (Å²) in [7, 11) is 2.12. The number of anilines is 2. The van der Waals surface area contributed by atoms with Crippen LogP contribution in [0.5, 0.6) is 0 Å². The zero-order chi connectivity index (χ0) is 19.4. The molecule has 0 saturated carbocycles. The van der Waals surface area contributed by atoms with Crippen LogP contribution in [0.25, 0.3) is 0 Å². The minimum atomic E-state index is -0.460. The maximum atomic E-state index is 12.4. The number of amides is 1. The molecule has 0 bridgehead atoms. The fourth-order valence-corrected chi connectivity index (χ4v) is 3.26. The van der Waals surface area contributed by atoms with Crippen molar-refractivity contribution in [3.63, 3.8) is 0 Å². The van der Waals surface area contributed by atoms with Crippen molar-refractivity contribution in [2.75, 3.05) is 43.4 Å². The Bertz CT molecular complexity index is 845. The highest BCUT2D eigenvalue weighted by atomic mass is 16.6. The fraction of sp³-hybridized carbons (Fsp3) is 0.350. The second kappa shape index (κ2) is 8.18. The zero-order valence-electron chi connectivity index (χ0n) is 15.6. The molecule has 27 heavy (non-hydrogen) atoms. The van der Waals surface area contributed by atoms with Gasteiger partial charge in [-0.15, -0.1) is 0 Å². The van der Waals surface area contributed by atoms with E-state index in [1.165, 1.54) is 6.07 Å². The number of piperazine rings is 1. The highest BCUT2D eigenvalue weighted by molar-refractivity contribution is 5.93. The predicted octanol–water partition coefficient (Wildman–Crippen LogP) is 2.84. The molecule has 1 aliphatic heterocycles. The van der Waals surface area contributed by atoms with Crippen LogP contribution in [0.1, 0.15) is 11.1 Å². The summed E-state index contributed by atoms with van der Waals surface area (Å²) in [5.74, 6) is -0.264. The Morgan fingerprint density at radius 1 is 1.15 bits per heavy atom. The van der Waals surface area contributed by atoms with Gasteiger partial charge in [0.25, 0.3) is 5.69 Å². The van der Waals surface area contributed by atoms with Crippen LogP contribution in [0.3, 0.4) is 0 Å². The summed E-state index contributed by atoms with van der Waals surface area (Å²) in [4.78, 5) is 27.7. The van der Waals surface area contributed by atoms with Crippen molar-refractivity contribution in [3.05, 3.63) is 63.7 Å². The van der Waals surface area contributed by atoms with Crippen LogP contribution < -0.4 is 10.2 Å². The Labute approximate surface area is 158 Å². The first-order valence-corrected chi connectivity index (χ1v) is 9.00. The molecule has 1 aliphatic rings. The molecule has 2 aromatic carbocycles. The normalized spacial score (nSPS) is 14.8. The summed E-state index contributed by atoms with van der Waals surface area (Å²) < 4.78 is 0. The lowest BCUT2D eigenvalue weighted by Gasteiger charge is -2.34. The Balaban J connectivity index is 1.67. The summed E-state index contributed by atoms with van der Waals surface area (Å²) >= 11 is 0. The van der Waals surface area contributed by atoms with Gasteiger partial charge in [-0.25, -0.2) is 0 Å². The van der Waals surface area contributed by atoms with E-state index < -0.39 is 4.92 Å². The number of carbonyl (C=O) groups is 1. The summed E-state index contributed by atoms with van der Waals surface area (Å²) in [6.07, 6.45) is -0.0309. The number of nitro benzene ring substituents is 1. The molecule has 2 aromatic rings. The molecule has 0 aliphatic carbocycles. The van der Waals surface area contributed by atoms with Crippen LogP contribution in [0.15, 0.2) is 42.5 Å². The molecule has 7 heteroatoms. The molecule has 1 fully saturated rings. The van der Waals surface area contributed by atoms with Crippen LogP contribution in [-0.4, -0.2) is 49.0 Å². The van der Waals surface area contributed by atoms with Crippen molar-refractivity contribution < 1.29 is 9.72 Å². The SMILES string of the molecule is Cc1cc(N2CCN(C)CC2)ccc1NC(=O)Cc1ccccc1[N+](=O)[O-]. The topological polar surface area (TPSA) is 78.7 Å². The van der Waals surface area contributed by atoms with Gasteiger partial charge in [-0.1, -0.05) is 18.2 Å². The van der Waals surface area contributed by atoms with Crippen molar-refractivity contribution in [2.24, 2.45) is 0 Å². The van der Waals surface area contributed by atoms with Gasteiger partial charge in [0.1, 0.15) is 0 Å². The molecule has 0 radical (unpaired) electrons. The Hall–Kier alpha value is -2.93. The molecule has 1 N–H and O–H groups in total. The number of para-hydroxylation sites is 1. The van der Waals surface area contributed by atoms with E-state index in [4.69, 9.17) is 0 Å². The molecule has 1 heterocycles. The van der Waals surface area contributed by atoms with Crippen molar-refractivity contribution in [1.82, 2.24) is 4.90 Å². The standard InChI is InChI=1S/C20H24N4O3/c1-15-13-17(23-11-9-22(2)10-12-23)7-8-18(15)21-20(25)14-16-5-3-4-6-19(16)24(26)27/h3-8,13H,9-12,14H2,1-2H3,(H,21,25). The second-order valence-corrected chi connectivity index (χ2v) is 6.90. The lowest BCUT2D eigenvalue weighted by molar-refractivity contribution is -0.385. The van der Waals surface area contributed by atoms with Gasteiger partial charge in [0.15, 0.2) is 0 Å². The van der Waals surface area contributed by atoms with E-state index in [0.29, 0.717) is 5.56 Å². The summed E-state index contributed by atoms with van der Waals surface area (Å²) in [5.41, 5.74) is 3.23. The van der Waals surface area contributed by atoms with Gasteiger partial charge in [0, 0.05) is 49.2 Å². The lowest BCUT2D eigenvalue weighted by atomic mass is 10.1. The fourth-order valence-electron chi connectivity index (χ4n) is 3.26. The molecular weight excluding hydrogens is 344 g/mol. The molecule has 3 rings (SSSR count). The molecule has 7 nitrogen and oxygen atoms in total. The maximum absolute atomic E-state index is 12.4. The third-order valence-corrected chi connectivity index (χ3v) is 4.89. The predicted molar refractivity (Wildman–Crippen MR) is 106 cm³/mol. The second-order valence-electron chi connectivity index (χ2n) is 6.90. The molecule has 0 unspecified atom stereocenters. The molecule has 0 aromatic heterocycles. The quantitative estimate of drug-likeness (QED) is 0.648. The van der Waals surface area contributed by atoms with E-state index in [1.54, 1.807) is 18.2 Å². The van der Waals surface area contributed by atoms with Gasteiger partial charge in [-0.3, -0.25) is 14.9 Å². The highest BCUT2D eigenvalue weighted by Gasteiger charge is 2.17. The first kappa shape index (κ1) is 18.8. The monoisotopic (exact) mass is 368 g/mol. The van der Waals surface area contributed by atoms with Gasteiger partial charge in [-0.2, -0.15) is 0 Å². The van der Waals surface area contributed by atoms with E-state index in [1.807, 2.05) is 19.1 Å². The molecular formula is C20H24N4O3. The first-order chi connectivity index (χ1) is 12.9. The van der Waals surface area contributed by atoms with Crippen LogP contribution in [0.2, 0.25) is 0 Å². The smallest absolute Gasteiger partial charge is 0.273 e. The number of hydrogen-bond donors (Lipinski definition) is 1. The molecule has 1 saturated heterocycles. The largest absolute Gasteiger partial charge is 0.369 e. The van der Waals surface area contributed by atoms with Gasteiger partial charge < -0.3 is 15.1 Å². The van der Waals surface area contributed by atoms with E-state index in [-0.39, 0.29) is 18.0 Å². The third-order valence-electron chi connectivity index (χ3n) is 4.89. The number of nitro groups is 1. The highest BCUT2D eigenvalue weighted by Crippen LogP contribution is 2.24. The van der Waals surface area contributed by atoms with E-state index in [0.717, 1.165) is 43.1 Å². The summed E-state index contributed by atoms with van der Waals surface area (Å²) in [5, 5.41) is 14.0. The van der Waals surface area contributed by atoms with E-state index in [9.17, 15) is 14.9 Å². The van der Waals surface area contributed by atoms with E-state index >= 15 is 0 Å². The van der Waals surface area contributed by atoms with Crippen LogP contribution >= 0.6 is 0 Å². The number of nitrogens with zero attached hydrogens (tertiary/aromatic N) is 3. The maximum Gasteiger partial charge on any atom is 0.273 e. The average Bonchev–Trinajstić information content (AvgIpc) is 2.64. The number of likely N-dealkylation sites (N-methyl/N-ethyl adjacent to an activating group) is 1. The molecule has 142 valence electrons. The Morgan fingerprint density at radius 2 is 1.85 bits per heavy atom. The van der Waals surface area contributed by atoms with Crippen molar-refractivity contribution in [2.45, 2.75) is 13.3 Å². The minimum absolute atomic E-state index is 0.0309. The van der Waals surface area contributed by atoms with Gasteiger partial charge in [0.2, 0.25) is 5.91 Å².